The Balaban J connectivity index is 2.12. The zero-order valence-corrected chi connectivity index (χ0v) is 12.0. The quantitative estimate of drug-likeness (QED) is 0.839. The zero-order chi connectivity index (χ0) is 14.4. The summed E-state index contributed by atoms with van der Waals surface area (Å²) in [6, 6.07) is 5.67. The molecule has 0 aliphatic carbocycles. The van der Waals surface area contributed by atoms with Crippen LogP contribution in [-0.4, -0.2) is 35.6 Å². The minimum absolute atomic E-state index is 0.0809. The van der Waals surface area contributed by atoms with Gasteiger partial charge in [0.05, 0.1) is 6.61 Å². The first kappa shape index (κ1) is 14.6. The fourth-order valence-electron chi connectivity index (χ4n) is 2.43. The lowest BCUT2D eigenvalue weighted by Gasteiger charge is -2.26. The highest BCUT2D eigenvalue weighted by molar-refractivity contribution is 5.94. The second kappa shape index (κ2) is 7.12. The van der Waals surface area contributed by atoms with Crippen LogP contribution in [0.4, 0.5) is 0 Å². The molecule has 1 saturated heterocycles. The van der Waals surface area contributed by atoms with Crippen molar-refractivity contribution < 1.29 is 9.90 Å². The van der Waals surface area contributed by atoms with Gasteiger partial charge in [0.2, 0.25) is 0 Å². The van der Waals surface area contributed by atoms with Crippen LogP contribution >= 0.6 is 0 Å². The van der Waals surface area contributed by atoms with Crippen LogP contribution in [0.5, 0.6) is 0 Å². The number of carbonyl (C=O) groups excluding carboxylic acids is 1. The molecule has 0 saturated carbocycles. The molecule has 3 heteroatoms. The second-order valence-corrected chi connectivity index (χ2v) is 5.16. The molecule has 0 unspecified atom stereocenters. The van der Waals surface area contributed by atoms with Crippen LogP contribution in [0.15, 0.2) is 18.2 Å². The van der Waals surface area contributed by atoms with E-state index in [2.05, 4.69) is 11.8 Å². The van der Waals surface area contributed by atoms with Crippen molar-refractivity contribution in [3.05, 3.63) is 34.9 Å². The summed E-state index contributed by atoms with van der Waals surface area (Å²) in [5.74, 6) is 6.06. The lowest BCUT2D eigenvalue weighted by atomic mass is 10.0. The van der Waals surface area contributed by atoms with Gasteiger partial charge in [-0.25, -0.2) is 0 Å². The molecule has 1 fully saturated rings. The van der Waals surface area contributed by atoms with Crippen LogP contribution in [0.3, 0.4) is 0 Å². The van der Waals surface area contributed by atoms with E-state index in [9.17, 15) is 4.79 Å². The van der Waals surface area contributed by atoms with Crippen molar-refractivity contribution in [3.8, 4) is 11.8 Å². The maximum Gasteiger partial charge on any atom is 0.253 e. The average molecular weight is 271 g/mol. The molecule has 1 aliphatic heterocycles. The summed E-state index contributed by atoms with van der Waals surface area (Å²) in [6.07, 6.45) is 3.92. The molecule has 106 valence electrons. The lowest BCUT2D eigenvalue weighted by molar-refractivity contribution is 0.0724. The molecule has 1 aromatic rings. The van der Waals surface area contributed by atoms with E-state index >= 15 is 0 Å². The molecule has 1 aromatic carbocycles. The third kappa shape index (κ3) is 3.61. The van der Waals surface area contributed by atoms with Crippen LogP contribution in [0.25, 0.3) is 0 Å². The van der Waals surface area contributed by atoms with E-state index in [0.29, 0.717) is 6.42 Å². The summed E-state index contributed by atoms with van der Waals surface area (Å²) in [7, 11) is 0. The third-order valence-corrected chi connectivity index (χ3v) is 3.58. The standard InChI is InChI=1S/C17H21NO2/c1-14-13-16(9-8-15(14)7-3-6-12-19)17(20)18-10-4-2-5-11-18/h8-9,13,19H,2,4-6,10-12H2,1H3. The smallest absolute Gasteiger partial charge is 0.253 e. The Bertz CT molecular complexity index is 534. The maximum absolute atomic E-state index is 12.4. The highest BCUT2D eigenvalue weighted by Crippen LogP contribution is 2.16. The Kier molecular flexibility index (Phi) is 5.20. The first-order chi connectivity index (χ1) is 9.72. The van der Waals surface area contributed by atoms with Gasteiger partial charge in [-0.2, -0.15) is 0 Å². The van der Waals surface area contributed by atoms with Crippen molar-refractivity contribution in [1.82, 2.24) is 4.90 Å². The molecule has 0 aromatic heterocycles. The Hall–Kier alpha value is -1.79. The molecule has 1 N–H and O–H groups in total. The number of aliphatic hydroxyl groups excluding tert-OH is 1. The monoisotopic (exact) mass is 271 g/mol. The number of rotatable bonds is 2. The van der Waals surface area contributed by atoms with Crippen molar-refractivity contribution in [2.45, 2.75) is 32.6 Å². The van der Waals surface area contributed by atoms with Crippen molar-refractivity contribution in [2.75, 3.05) is 19.7 Å². The van der Waals surface area contributed by atoms with E-state index in [1.54, 1.807) is 0 Å². The van der Waals surface area contributed by atoms with Gasteiger partial charge in [0.25, 0.3) is 5.91 Å². The number of aryl methyl sites for hydroxylation is 1. The number of nitrogens with zero attached hydrogens (tertiary/aromatic N) is 1. The molecule has 3 nitrogen and oxygen atoms in total. The topological polar surface area (TPSA) is 40.5 Å². The second-order valence-electron chi connectivity index (χ2n) is 5.16. The molecule has 2 rings (SSSR count). The number of aliphatic hydroxyl groups is 1. The van der Waals surface area contributed by atoms with Crippen LogP contribution in [-0.2, 0) is 0 Å². The summed E-state index contributed by atoms with van der Waals surface area (Å²) in [6.45, 7) is 3.79. The Morgan fingerprint density at radius 2 is 2.05 bits per heavy atom. The number of hydrogen-bond donors (Lipinski definition) is 1. The molecule has 1 heterocycles. The highest BCUT2D eigenvalue weighted by Gasteiger charge is 2.18. The van der Waals surface area contributed by atoms with Gasteiger partial charge in [0.15, 0.2) is 0 Å². The van der Waals surface area contributed by atoms with Gasteiger partial charge < -0.3 is 10.0 Å². The highest BCUT2D eigenvalue weighted by atomic mass is 16.2. The van der Waals surface area contributed by atoms with E-state index < -0.39 is 0 Å². The number of benzene rings is 1. The van der Waals surface area contributed by atoms with Crippen LogP contribution in [0.2, 0.25) is 0 Å². The van der Waals surface area contributed by atoms with E-state index in [4.69, 9.17) is 5.11 Å². The van der Waals surface area contributed by atoms with Crippen LogP contribution in [0.1, 0.15) is 47.2 Å². The van der Waals surface area contributed by atoms with Gasteiger partial charge >= 0.3 is 0 Å². The summed E-state index contributed by atoms with van der Waals surface area (Å²) in [5, 5.41) is 8.72. The van der Waals surface area contributed by atoms with E-state index in [1.165, 1.54) is 6.42 Å². The molecule has 0 spiro atoms. The van der Waals surface area contributed by atoms with Gasteiger partial charge in [-0.15, -0.1) is 0 Å². The SMILES string of the molecule is Cc1cc(C(=O)N2CCCCC2)ccc1C#CCCO. The van der Waals surface area contributed by atoms with Gasteiger partial charge in [-0.05, 0) is 49.9 Å². The number of hydrogen-bond acceptors (Lipinski definition) is 2. The van der Waals surface area contributed by atoms with Gasteiger partial charge in [-0.1, -0.05) is 11.8 Å². The number of likely N-dealkylation sites (tertiary alicyclic amines) is 1. The van der Waals surface area contributed by atoms with Crippen molar-refractivity contribution in [2.24, 2.45) is 0 Å². The molecule has 0 atom stereocenters. The number of carbonyl (C=O) groups is 1. The summed E-state index contributed by atoms with van der Waals surface area (Å²) < 4.78 is 0. The molecular weight excluding hydrogens is 250 g/mol. The third-order valence-electron chi connectivity index (χ3n) is 3.58. The Morgan fingerprint density at radius 3 is 2.70 bits per heavy atom. The molecule has 1 amide bonds. The fraction of sp³-hybridized carbons (Fsp3) is 0.471. The summed E-state index contributed by atoms with van der Waals surface area (Å²) in [4.78, 5) is 14.3. The first-order valence-electron chi connectivity index (χ1n) is 7.22. The van der Waals surface area contributed by atoms with E-state index in [-0.39, 0.29) is 12.5 Å². The fourth-order valence-corrected chi connectivity index (χ4v) is 2.43. The van der Waals surface area contributed by atoms with Crippen LogP contribution < -0.4 is 0 Å². The first-order valence-corrected chi connectivity index (χ1v) is 7.22. The molecular formula is C17H21NO2. The van der Waals surface area contributed by atoms with E-state index in [0.717, 1.165) is 42.6 Å². The van der Waals surface area contributed by atoms with Gasteiger partial charge in [-0.3, -0.25) is 4.79 Å². The Labute approximate surface area is 120 Å². The van der Waals surface area contributed by atoms with Crippen molar-refractivity contribution in [3.63, 3.8) is 0 Å². The van der Waals surface area contributed by atoms with Crippen molar-refractivity contribution in [1.29, 1.82) is 0 Å². The zero-order valence-electron chi connectivity index (χ0n) is 12.0. The number of piperidine rings is 1. The maximum atomic E-state index is 12.4. The Morgan fingerprint density at radius 1 is 1.30 bits per heavy atom. The molecule has 0 bridgehead atoms. The van der Waals surface area contributed by atoms with Gasteiger partial charge in [0, 0.05) is 30.6 Å². The number of amides is 1. The minimum Gasteiger partial charge on any atom is -0.395 e. The largest absolute Gasteiger partial charge is 0.395 e. The van der Waals surface area contributed by atoms with Crippen LogP contribution in [0, 0.1) is 18.8 Å². The normalized spacial score (nSPS) is 14.6. The van der Waals surface area contributed by atoms with E-state index in [1.807, 2.05) is 30.0 Å². The minimum atomic E-state index is 0.0809. The summed E-state index contributed by atoms with van der Waals surface area (Å²) in [5.41, 5.74) is 2.68. The van der Waals surface area contributed by atoms with Gasteiger partial charge in [0.1, 0.15) is 0 Å². The molecule has 1 aliphatic rings. The molecule has 0 radical (unpaired) electrons. The lowest BCUT2D eigenvalue weighted by Crippen LogP contribution is -2.35. The predicted molar refractivity (Wildman–Crippen MR) is 79.5 cm³/mol. The summed E-state index contributed by atoms with van der Waals surface area (Å²) >= 11 is 0. The average Bonchev–Trinajstić information content (AvgIpc) is 2.49. The van der Waals surface area contributed by atoms with Crippen molar-refractivity contribution >= 4 is 5.91 Å². The molecule has 20 heavy (non-hydrogen) atoms. The predicted octanol–water partition coefficient (Wildman–Crippen LogP) is 2.36.